The van der Waals surface area contributed by atoms with E-state index in [-0.39, 0.29) is 17.8 Å². The fourth-order valence-corrected chi connectivity index (χ4v) is 2.01. The number of nitrogens with one attached hydrogen (secondary N) is 2. The van der Waals surface area contributed by atoms with Gasteiger partial charge in [0.25, 0.3) is 0 Å². The van der Waals surface area contributed by atoms with E-state index in [4.69, 9.17) is 4.74 Å². The summed E-state index contributed by atoms with van der Waals surface area (Å²) in [4.78, 5) is 11.1. The summed E-state index contributed by atoms with van der Waals surface area (Å²) >= 11 is 0. The highest BCUT2D eigenvalue weighted by molar-refractivity contribution is 5.78. The van der Waals surface area contributed by atoms with E-state index >= 15 is 0 Å². The highest BCUT2D eigenvalue weighted by Gasteiger charge is 2.21. The lowest BCUT2D eigenvalue weighted by Crippen LogP contribution is -2.31. The molecule has 1 amide bonds. The Bertz CT molecular complexity index is 437. The minimum absolute atomic E-state index is 0.0602. The van der Waals surface area contributed by atoms with E-state index in [0.29, 0.717) is 25.3 Å². The molecule has 5 heteroatoms. The molecule has 1 atom stereocenters. The van der Waals surface area contributed by atoms with E-state index in [1.165, 1.54) is 12.1 Å². The van der Waals surface area contributed by atoms with E-state index < -0.39 is 0 Å². The zero-order valence-electron chi connectivity index (χ0n) is 10.3. The van der Waals surface area contributed by atoms with Crippen LogP contribution in [-0.2, 0) is 11.3 Å². The van der Waals surface area contributed by atoms with E-state index in [1.54, 1.807) is 13.1 Å². The van der Waals surface area contributed by atoms with Crippen molar-refractivity contribution in [3.05, 3.63) is 29.6 Å². The highest BCUT2D eigenvalue weighted by Crippen LogP contribution is 2.20. The van der Waals surface area contributed by atoms with Crippen LogP contribution in [0.2, 0.25) is 0 Å². The number of carbonyl (C=O) groups is 1. The Morgan fingerprint density at radius 3 is 3.06 bits per heavy atom. The van der Waals surface area contributed by atoms with Crippen molar-refractivity contribution < 1.29 is 13.9 Å². The number of ether oxygens (including phenoxy) is 1. The topological polar surface area (TPSA) is 50.4 Å². The van der Waals surface area contributed by atoms with Crippen LogP contribution in [0.1, 0.15) is 18.4 Å². The molecular weight excluding hydrogens is 235 g/mol. The van der Waals surface area contributed by atoms with Gasteiger partial charge >= 0.3 is 0 Å². The Hall–Kier alpha value is -1.62. The number of halogens is 1. The zero-order valence-corrected chi connectivity index (χ0v) is 10.3. The minimum Gasteiger partial charge on any atom is -0.491 e. The SMILES string of the molecule is CNCc1cc(F)ccc1OCC1CCC(=O)N1. The van der Waals surface area contributed by atoms with Gasteiger partial charge in [-0.2, -0.15) is 0 Å². The molecule has 4 nitrogen and oxygen atoms in total. The van der Waals surface area contributed by atoms with E-state index in [2.05, 4.69) is 10.6 Å². The number of carbonyl (C=O) groups excluding carboxylic acids is 1. The van der Waals surface area contributed by atoms with Crippen molar-refractivity contribution >= 4 is 5.91 Å². The first-order valence-corrected chi connectivity index (χ1v) is 6.04. The molecule has 2 N–H and O–H groups in total. The number of rotatable bonds is 5. The second-order valence-corrected chi connectivity index (χ2v) is 4.40. The zero-order chi connectivity index (χ0) is 13.0. The fraction of sp³-hybridized carbons (Fsp3) is 0.462. The molecule has 1 heterocycles. The van der Waals surface area contributed by atoms with Crippen LogP contribution >= 0.6 is 0 Å². The molecule has 1 unspecified atom stereocenters. The summed E-state index contributed by atoms with van der Waals surface area (Å²) < 4.78 is 18.8. The van der Waals surface area contributed by atoms with Gasteiger partial charge in [0.2, 0.25) is 5.91 Å². The van der Waals surface area contributed by atoms with Gasteiger partial charge in [-0.3, -0.25) is 4.79 Å². The maximum atomic E-state index is 13.1. The first-order chi connectivity index (χ1) is 8.69. The molecular formula is C13H17FN2O2. The Morgan fingerprint density at radius 2 is 2.39 bits per heavy atom. The predicted octanol–water partition coefficient (Wildman–Crippen LogP) is 1.20. The van der Waals surface area contributed by atoms with Gasteiger partial charge in [-0.05, 0) is 31.7 Å². The van der Waals surface area contributed by atoms with Crippen LogP contribution in [0, 0.1) is 5.82 Å². The normalized spacial score (nSPS) is 18.8. The van der Waals surface area contributed by atoms with Crippen LogP contribution in [0.4, 0.5) is 4.39 Å². The molecule has 1 aliphatic heterocycles. The summed E-state index contributed by atoms with van der Waals surface area (Å²) in [5, 5.41) is 5.80. The van der Waals surface area contributed by atoms with E-state index in [9.17, 15) is 9.18 Å². The molecule has 1 aromatic carbocycles. The molecule has 0 saturated carbocycles. The number of hydrogen-bond donors (Lipinski definition) is 2. The molecule has 98 valence electrons. The van der Waals surface area contributed by atoms with Gasteiger partial charge in [-0.25, -0.2) is 4.39 Å². The number of hydrogen-bond acceptors (Lipinski definition) is 3. The van der Waals surface area contributed by atoms with Crippen molar-refractivity contribution in [3.63, 3.8) is 0 Å². The summed E-state index contributed by atoms with van der Waals surface area (Å²) in [5.41, 5.74) is 0.779. The van der Waals surface area contributed by atoms with Crippen LogP contribution in [0.3, 0.4) is 0 Å². The van der Waals surface area contributed by atoms with Crippen LogP contribution in [0.5, 0.6) is 5.75 Å². The monoisotopic (exact) mass is 252 g/mol. The Balaban J connectivity index is 1.97. The summed E-state index contributed by atoms with van der Waals surface area (Å²) in [6.45, 7) is 0.970. The maximum absolute atomic E-state index is 13.1. The number of amides is 1. The molecule has 1 aromatic rings. The lowest BCUT2D eigenvalue weighted by molar-refractivity contribution is -0.119. The van der Waals surface area contributed by atoms with Gasteiger partial charge < -0.3 is 15.4 Å². The second kappa shape index (κ2) is 5.82. The fourth-order valence-electron chi connectivity index (χ4n) is 2.01. The molecule has 0 bridgehead atoms. The van der Waals surface area contributed by atoms with Gasteiger partial charge in [0.15, 0.2) is 0 Å². The summed E-state index contributed by atoms with van der Waals surface area (Å²) in [5.74, 6) is 0.451. The van der Waals surface area contributed by atoms with Gasteiger partial charge in [0, 0.05) is 18.5 Å². The average Bonchev–Trinajstić information content (AvgIpc) is 2.75. The molecule has 0 aromatic heterocycles. The third-order valence-electron chi connectivity index (χ3n) is 2.91. The van der Waals surface area contributed by atoms with Crippen molar-refractivity contribution in [2.75, 3.05) is 13.7 Å². The summed E-state index contributed by atoms with van der Waals surface area (Å²) in [6.07, 6.45) is 1.35. The van der Waals surface area contributed by atoms with Gasteiger partial charge in [-0.15, -0.1) is 0 Å². The lowest BCUT2D eigenvalue weighted by atomic mass is 10.2. The molecule has 0 radical (unpaired) electrons. The second-order valence-electron chi connectivity index (χ2n) is 4.40. The molecule has 0 aliphatic carbocycles. The van der Waals surface area contributed by atoms with Gasteiger partial charge in [-0.1, -0.05) is 0 Å². The van der Waals surface area contributed by atoms with E-state index in [1.807, 2.05) is 0 Å². The van der Waals surface area contributed by atoms with Crippen LogP contribution in [-0.4, -0.2) is 25.6 Å². The van der Waals surface area contributed by atoms with Crippen LogP contribution < -0.4 is 15.4 Å². The maximum Gasteiger partial charge on any atom is 0.220 e. The third kappa shape index (κ3) is 3.20. The molecule has 18 heavy (non-hydrogen) atoms. The Kier molecular flexibility index (Phi) is 4.15. The molecule has 1 saturated heterocycles. The quantitative estimate of drug-likeness (QED) is 0.828. The first-order valence-electron chi connectivity index (χ1n) is 6.04. The molecule has 1 fully saturated rings. The van der Waals surface area contributed by atoms with Crippen molar-refractivity contribution in [1.82, 2.24) is 10.6 Å². The van der Waals surface area contributed by atoms with Crippen molar-refractivity contribution in [2.24, 2.45) is 0 Å². The van der Waals surface area contributed by atoms with Crippen molar-refractivity contribution in [2.45, 2.75) is 25.4 Å². The van der Waals surface area contributed by atoms with E-state index in [0.717, 1.165) is 12.0 Å². The Morgan fingerprint density at radius 1 is 1.56 bits per heavy atom. The molecule has 0 spiro atoms. The highest BCUT2D eigenvalue weighted by atomic mass is 19.1. The van der Waals surface area contributed by atoms with Gasteiger partial charge in [0.1, 0.15) is 18.2 Å². The first kappa shape index (κ1) is 12.8. The van der Waals surface area contributed by atoms with Crippen molar-refractivity contribution in [1.29, 1.82) is 0 Å². The van der Waals surface area contributed by atoms with Crippen LogP contribution in [0.25, 0.3) is 0 Å². The summed E-state index contributed by atoms with van der Waals surface area (Å²) in [6, 6.07) is 4.52. The standard InChI is InChI=1S/C13H17FN2O2/c1-15-7-9-6-10(14)2-4-12(9)18-8-11-3-5-13(17)16-11/h2,4,6,11,15H,3,5,7-8H2,1H3,(H,16,17). The minimum atomic E-state index is -0.276. The molecule has 1 aliphatic rings. The van der Waals surface area contributed by atoms with Gasteiger partial charge in [0.05, 0.1) is 6.04 Å². The van der Waals surface area contributed by atoms with Crippen LogP contribution in [0.15, 0.2) is 18.2 Å². The smallest absolute Gasteiger partial charge is 0.220 e. The summed E-state index contributed by atoms with van der Waals surface area (Å²) in [7, 11) is 1.80. The third-order valence-corrected chi connectivity index (χ3v) is 2.91. The lowest BCUT2D eigenvalue weighted by Gasteiger charge is -2.15. The predicted molar refractivity (Wildman–Crippen MR) is 65.8 cm³/mol. The molecule has 2 rings (SSSR count). The number of benzene rings is 1. The van der Waals surface area contributed by atoms with Crippen molar-refractivity contribution in [3.8, 4) is 5.75 Å². The average molecular weight is 252 g/mol. The Labute approximate surface area is 106 Å². The largest absolute Gasteiger partial charge is 0.491 e.